The average molecular weight is 451 g/mol. The quantitative estimate of drug-likeness (QED) is 0.472. The molecule has 1 amide bonds. The third-order valence-corrected chi connectivity index (χ3v) is 4.41. The Bertz CT molecular complexity index is 1160. The molecule has 172 valence electrons. The number of benzene rings is 2. The van der Waals surface area contributed by atoms with E-state index in [0.717, 1.165) is 5.56 Å². The van der Waals surface area contributed by atoms with Crippen LogP contribution in [-0.2, 0) is 16.1 Å². The molecule has 2 aromatic carbocycles. The molecule has 1 heterocycles. The van der Waals surface area contributed by atoms with Crippen molar-refractivity contribution >= 4 is 17.6 Å². The Hall–Kier alpha value is -4.14. The molecular weight excluding hydrogens is 426 g/mol. The molecule has 0 unspecified atom stereocenters. The fourth-order valence-electron chi connectivity index (χ4n) is 2.96. The van der Waals surface area contributed by atoms with Crippen molar-refractivity contribution in [3.05, 3.63) is 82.3 Å². The van der Waals surface area contributed by atoms with E-state index in [1.54, 1.807) is 18.2 Å². The zero-order chi connectivity index (χ0) is 23.6. The molecule has 3 rings (SSSR count). The summed E-state index contributed by atoms with van der Waals surface area (Å²) in [5.74, 6) is -0.277. The van der Waals surface area contributed by atoms with Crippen molar-refractivity contribution in [2.24, 2.45) is 0 Å². The summed E-state index contributed by atoms with van der Waals surface area (Å²) < 4.78 is 17.3. The number of rotatable bonds is 10. The Kier molecular flexibility index (Phi) is 8.18. The van der Waals surface area contributed by atoms with Gasteiger partial charge >= 0.3 is 5.97 Å². The predicted molar refractivity (Wildman–Crippen MR) is 122 cm³/mol. The summed E-state index contributed by atoms with van der Waals surface area (Å²) >= 11 is 0. The van der Waals surface area contributed by atoms with Gasteiger partial charge in [-0.05, 0) is 37.6 Å². The second-order valence-electron chi connectivity index (χ2n) is 6.85. The lowest BCUT2D eigenvalue weighted by atomic mass is 10.2. The van der Waals surface area contributed by atoms with Crippen LogP contribution in [0.15, 0.2) is 65.5 Å². The van der Waals surface area contributed by atoms with E-state index in [1.807, 2.05) is 44.2 Å². The molecule has 0 spiro atoms. The number of esters is 1. The molecule has 0 aliphatic heterocycles. The molecule has 33 heavy (non-hydrogen) atoms. The molecule has 1 N–H and O–H groups in total. The number of carbonyl (C=O) groups is 2. The number of hydrogen-bond donors (Lipinski definition) is 1. The molecule has 9 heteroatoms. The number of amides is 1. The van der Waals surface area contributed by atoms with Gasteiger partial charge in [-0.3, -0.25) is 9.59 Å². The number of aromatic nitrogens is 2. The zero-order valence-corrected chi connectivity index (χ0v) is 18.4. The molecule has 1 aromatic heterocycles. The number of hydrogen-bond acceptors (Lipinski definition) is 7. The van der Waals surface area contributed by atoms with E-state index in [9.17, 15) is 14.4 Å². The second kappa shape index (κ2) is 11.5. The fraction of sp³-hybridized carbons (Fsp3) is 0.250. The normalized spacial score (nSPS) is 10.4. The van der Waals surface area contributed by atoms with E-state index < -0.39 is 18.5 Å². The summed E-state index contributed by atoms with van der Waals surface area (Å²) in [5, 5.41) is 6.70. The Labute approximate surface area is 190 Å². The molecule has 0 atom stereocenters. The molecule has 0 bridgehead atoms. The summed E-state index contributed by atoms with van der Waals surface area (Å²) in [6.07, 6.45) is 0. The smallest absolute Gasteiger partial charge is 0.359 e. The predicted octanol–water partition coefficient (Wildman–Crippen LogP) is 2.88. The van der Waals surface area contributed by atoms with Crippen molar-refractivity contribution in [1.82, 2.24) is 9.78 Å². The Balaban J connectivity index is 1.60. The van der Waals surface area contributed by atoms with Gasteiger partial charge in [0.05, 0.1) is 19.8 Å². The van der Waals surface area contributed by atoms with Crippen molar-refractivity contribution in [2.45, 2.75) is 20.4 Å². The van der Waals surface area contributed by atoms with Crippen LogP contribution < -0.4 is 20.3 Å². The number of anilines is 1. The topological polar surface area (TPSA) is 109 Å². The summed E-state index contributed by atoms with van der Waals surface area (Å²) in [6.45, 7) is 4.32. The molecule has 0 saturated heterocycles. The van der Waals surface area contributed by atoms with E-state index in [4.69, 9.17) is 14.2 Å². The molecule has 0 radical (unpaired) electrons. The highest BCUT2D eigenvalue weighted by Gasteiger charge is 2.15. The summed E-state index contributed by atoms with van der Waals surface area (Å²) in [5.41, 5.74) is 0.906. The number of carbonyl (C=O) groups excluding carboxylic acids is 2. The lowest BCUT2D eigenvalue weighted by molar-refractivity contribution is -0.119. The van der Waals surface area contributed by atoms with Gasteiger partial charge in [0, 0.05) is 17.8 Å². The van der Waals surface area contributed by atoms with Gasteiger partial charge in [0.1, 0.15) is 0 Å². The number of nitrogens with zero attached hydrogens (tertiary/aromatic N) is 2. The highest BCUT2D eigenvalue weighted by molar-refractivity contribution is 5.95. The van der Waals surface area contributed by atoms with Gasteiger partial charge in [-0.25, -0.2) is 9.48 Å². The second-order valence-corrected chi connectivity index (χ2v) is 6.85. The van der Waals surface area contributed by atoms with E-state index in [0.29, 0.717) is 30.4 Å². The molecule has 0 aliphatic rings. The van der Waals surface area contributed by atoms with Crippen molar-refractivity contribution in [3.63, 3.8) is 0 Å². The maximum absolute atomic E-state index is 12.4. The van der Waals surface area contributed by atoms with Gasteiger partial charge in [-0.2, -0.15) is 5.10 Å². The Morgan fingerprint density at radius 2 is 1.67 bits per heavy atom. The third kappa shape index (κ3) is 6.67. The van der Waals surface area contributed by atoms with Crippen molar-refractivity contribution in [1.29, 1.82) is 0 Å². The Morgan fingerprint density at radius 3 is 2.39 bits per heavy atom. The van der Waals surface area contributed by atoms with Crippen LogP contribution in [0.4, 0.5) is 5.69 Å². The zero-order valence-electron chi connectivity index (χ0n) is 18.4. The first kappa shape index (κ1) is 23.5. The van der Waals surface area contributed by atoms with Crippen LogP contribution in [0.2, 0.25) is 0 Å². The number of ether oxygens (including phenoxy) is 3. The summed E-state index contributed by atoms with van der Waals surface area (Å²) in [4.78, 5) is 36.7. The first-order valence-electron chi connectivity index (χ1n) is 10.5. The molecule has 0 fully saturated rings. The Morgan fingerprint density at radius 1 is 0.939 bits per heavy atom. The fourth-order valence-corrected chi connectivity index (χ4v) is 2.96. The van der Waals surface area contributed by atoms with Crippen LogP contribution in [0.1, 0.15) is 29.9 Å². The summed E-state index contributed by atoms with van der Waals surface area (Å²) in [7, 11) is 0. The van der Waals surface area contributed by atoms with Crippen LogP contribution in [0.5, 0.6) is 11.5 Å². The van der Waals surface area contributed by atoms with Gasteiger partial charge in [0.2, 0.25) is 0 Å². The maximum Gasteiger partial charge on any atom is 0.359 e. The summed E-state index contributed by atoms with van der Waals surface area (Å²) in [6, 6.07) is 16.7. The standard InChI is InChI=1S/C24H25N3O6/c1-3-31-20-12-10-18(14-21(20)32-4-2)25-22(28)16-33-24(30)19-11-13-23(29)27(26-19)15-17-8-6-5-7-9-17/h5-14H,3-4,15-16H2,1-2H3,(H,25,28). The molecule has 9 nitrogen and oxygen atoms in total. The molecule has 0 aliphatic carbocycles. The van der Waals surface area contributed by atoms with E-state index in [-0.39, 0.29) is 17.8 Å². The van der Waals surface area contributed by atoms with E-state index >= 15 is 0 Å². The lowest BCUT2D eigenvalue weighted by Gasteiger charge is -2.13. The van der Waals surface area contributed by atoms with Crippen LogP contribution in [-0.4, -0.2) is 41.5 Å². The highest BCUT2D eigenvalue weighted by Crippen LogP contribution is 2.30. The molecular formula is C24H25N3O6. The minimum absolute atomic E-state index is 0.0713. The van der Waals surface area contributed by atoms with Crippen molar-refractivity contribution < 1.29 is 23.8 Å². The maximum atomic E-state index is 12.4. The van der Waals surface area contributed by atoms with E-state index in [1.165, 1.54) is 16.8 Å². The largest absolute Gasteiger partial charge is 0.490 e. The van der Waals surface area contributed by atoms with Crippen molar-refractivity contribution in [3.8, 4) is 11.5 Å². The first-order chi connectivity index (χ1) is 16.0. The van der Waals surface area contributed by atoms with Crippen LogP contribution in [0.25, 0.3) is 0 Å². The van der Waals surface area contributed by atoms with Gasteiger partial charge in [0.15, 0.2) is 23.8 Å². The van der Waals surface area contributed by atoms with Crippen LogP contribution >= 0.6 is 0 Å². The van der Waals surface area contributed by atoms with Gasteiger partial charge < -0.3 is 19.5 Å². The molecule has 3 aromatic rings. The van der Waals surface area contributed by atoms with E-state index in [2.05, 4.69) is 10.4 Å². The monoisotopic (exact) mass is 451 g/mol. The van der Waals surface area contributed by atoms with Gasteiger partial charge in [0.25, 0.3) is 11.5 Å². The third-order valence-electron chi connectivity index (χ3n) is 4.41. The lowest BCUT2D eigenvalue weighted by Crippen LogP contribution is -2.26. The SMILES string of the molecule is CCOc1ccc(NC(=O)COC(=O)c2ccc(=O)n(Cc3ccccc3)n2)cc1OCC. The minimum Gasteiger partial charge on any atom is -0.490 e. The van der Waals surface area contributed by atoms with Gasteiger partial charge in [-0.1, -0.05) is 30.3 Å². The van der Waals surface area contributed by atoms with Gasteiger partial charge in [-0.15, -0.1) is 0 Å². The first-order valence-corrected chi connectivity index (χ1v) is 10.5. The molecule has 0 saturated carbocycles. The number of nitrogens with one attached hydrogen (secondary N) is 1. The van der Waals surface area contributed by atoms with Crippen LogP contribution in [0, 0.1) is 0 Å². The van der Waals surface area contributed by atoms with Crippen molar-refractivity contribution in [2.75, 3.05) is 25.1 Å². The van der Waals surface area contributed by atoms with Crippen LogP contribution in [0.3, 0.4) is 0 Å². The minimum atomic E-state index is -0.811. The average Bonchev–Trinajstić information content (AvgIpc) is 2.81. The highest BCUT2D eigenvalue weighted by atomic mass is 16.5.